The Morgan fingerprint density at radius 2 is 1.00 bits per heavy atom. The van der Waals surface area contributed by atoms with Gasteiger partial charge in [-0.2, -0.15) is 0 Å². The molecule has 0 spiro atoms. The highest BCUT2D eigenvalue weighted by Crippen LogP contribution is 2.13. The van der Waals surface area contributed by atoms with Crippen molar-refractivity contribution < 1.29 is 0 Å². The van der Waals surface area contributed by atoms with E-state index in [1.807, 2.05) is 0 Å². The Labute approximate surface area is 122 Å². The summed E-state index contributed by atoms with van der Waals surface area (Å²) >= 11 is 0. The molecular weight excluding hydrogens is 230 g/mol. The van der Waals surface area contributed by atoms with Gasteiger partial charge in [-0.3, -0.25) is 0 Å². The molecule has 0 aromatic carbocycles. The molecule has 1 atom stereocenters. The fourth-order valence-electron chi connectivity index (χ4n) is 2.61. The summed E-state index contributed by atoms with van der Waals surface area (Å²) < 4.78 is 0. The smallest absolute Gasteiger partial charge is 0.00357 e. The Morgan fingerprint density at radius 1 is 0.632 bits per heavy atom. The molecule has 0 aromatic heterocycles. The van der Waals surface area contributed by atoms with Crippen LogP contribution in [0.15, 0.2) is 0 Å². The number of unbranched alkanes of at least 4 members (excludes halogenated alkanes) is 12. The van der Waals surface area contributed by atoms with Crippen molar-refractivity contribution in [1.82, 2.24) is 5.32 Å². The van der Waals surface area contributed by atoms with Crippen LogP contribution in [-0.2, 0) is 0 Å². The molecule has 1 N–H and O–H groups in total. The van der Waals surface area contributed by atoms with Crippen molar-refractivity contribution in [2.45, 2.75) is 110 Å². The lowest BCUT2D eigenvalue weighted by atomic mass is 10.0. The van der Waals surface area contributed by atoms with Crippen LogP contribution in [0.1, 0.15) is 104 Å². The van der Waals surface area contributed by atoms with E-state index in [1.165, 1.54) is 89.9 Å². The molecule has 0 amide bonds. The van der Waals surface area contributed by atoms with Gasteiger partial charge in [0.15, 0.2) is 0 Å². The molecule has 0 aliphatic heterocycles. The Morgan fingerprint density at radius 3 is 1.37 bits per heavy atom. The monoisotopic (exact) mass is 269 g/mol. The van der Waals surface area contributed by atoms with Gasteiger partial charge in [-0.1, -0.05) is 90.4 Å². The molecule has 0 rings (SSSR count). The summed E-state index contributed by atoms with van der Waals surface area (Å²) in [7, 11) is 2.06. The molecule has 0 aliphatic carbocycles. The van der Waals surface area contributed by atoms with E-state index in [9.17, 15) is 0 Å². The first kappa shape index (κ1) is 19.0. The number of nitrogens with one attached hydrogen (secondary N) is 1. The summed E-state index contributed by atoms with van der Waals surface area (Å²) in [5.74, 6) is 0. The fraction of sp³-hybridized carbons (Fsp3) is 1.00. The molecule has 0 fully saturated rings. The van der Waals surface area contributed by atoms with Gasteiger partial charge in [0.05, 0.1) is 0 Å². The van der Waals surface area contributed by atoms with E-state index in [4.69, 9.17) is 0 Å². The predicted octanol–water partition coefficient (Wildman–Crippen LogP) is 6.08. The third kappa shape index (κ3) is 15.9. The van der Waals surface area contributed by atoms with Crippen LogP contribution in [0.25, 0.3) is 0 Å². The van der Waals surface area contributed by atoms with Crippen molar-refractivity contribution in [3.63, 3.8) is 0 Å². The maximum absolute atomic E-state index is 3.31. The van der Waals surface area contributed by atoms with Crippen LogP contribution in [0.3, 0.4) is 0 Å². The number of hydrogen-bond acceptors (Lipinski definition) is 1. The summed E-state index contributed by atoms with van der Waals surface area (Å²) in [6.45, 7) is 4.57. The van der Waals surface area contributed by atoms with E-state index in [-0.39, 0.29) is 0 Å². The second-order valence-corrected chi connectivity index (χ2v) is 6.22. The zero-order chi connectivity index (χ0) is 14.2. The lowest BCUT2D eigenvalue weighted by molar-refractivity contribution is 0.500. The molecule has 0 radical (unpaired) electrons. The van der Waals surface area contributed by atoms with Crippen LogP contribution in [0.4, 0.5) is 0 Å². The normalized spacial score (nSPS) is 12.8. The molecule has 0 aliphatic rings. The third-order valence-electron chi connectivity index (χ3n) is 4.23. The average molecular weight is 270 g/mol. The summed E-state index contributed by atoms with van der Waals surface area (Å²) in [6, 6.07) is 0.702. The Kier molecular flexibility index (Phi) is 16.0. The van der Waals surface area contributed by atoms with Crippen LogP contribution < -0.4 is 5.32 Å². The van der Waals surface area contributed by atoms with Crippen molar-refractivity contribution in [1.29, 1.82) is 0 Å². The van der Waals surface area contributed by atoms with Gasteiger partial charge in [-0.05, 0) is 20.4 Å². The van der Waals surface area contributed by atoms with E-state index in [2.05, 4.69) is 26.2 Å². The molecule has 0 saturated heterocycles. The lowest BCUT2D eigenvalue weighted by Crippen LogP contribution is -2.20. The highest BCUT2D eigenvalue weighted by atomic mass is 14.8. The maximum Gasteiger partial charge on any atom is 0.00357 e. The van der Waals surface area contributed by atoms with Gasteiger partial charge in [0.25, 0.3) is 0 Å². The summed E-state index contributed by atoms with van der Waals surface area (Å²) in [5, 5.41) is 3.31. The molecule has 0 aromatic rings. The molecule has 0 saturated carbocycles. The molecule has 0 heterocycles. The van der Waals surface area contributed by atoms with E-state index >= 15 is 0 Å². The van der Waals surface area contributed by atoms with E-state index in [0.29, 0.717) is 6.04 Å². The first-order chi connectivity index (χ1) is 9.31. The molecule has 1 nitrogen and oxygen atoms in total. The summed E-state index contributed by atoms with van der Waals surface area (Å²) in [4.78, 5) is 0. The van der Waals surface area contributed by atoms with Crippen LogP contribution in [0.2, 0.25) is 0 Å². The highest BCUT2D eigenvalue weighted by molar-refractivity contribution is 4.57. The molecule has 116 valence electrons. The minimum absolute atomic E-state index is 0.702. The van der Waals surface area contributed by atoms with Gasteiger partial charge in [-0.25, -0.2) is 0 Å². The van der Waals surface area contributed by atoms with E-state index < -0.39 is 0 Å². The van der Waals surface area contributed by atoms with Gasteiger partial charge in [-0.15, -0.1) is 0 Å². The van der Waals surface area contributed by atoms with Gasteiger partial charge in [0, 0.05) is 6.04 Å². The SMILES string of the molecule is CCCCCCCCCCCCCCCC(C)NC. The molecule has 1 unspecified atom stereocenters. The molecule has 19 heavy (non-hydrogen) atoms. The first-order valence-corrected chi connectivity index (χ1v) is 8.98. The van der Waals surface area contributed by atoms with Crippen LogP contribution in [-0.4, -0.2) is 13.1 Å². The maximum atomic E-state index is 3.31. The van der Waals surface area contributed by atoms with Crippen LogP contribution in [0.5, 0.6) is 0 Å². The largest absolute Gasteiger partial charge is 0.317 e. The van der Waals surface area contributed by atoms with Crippen molar-refractivity contribution in [2.24, 2.45) is 0 Å². The highest BCUT2D eigenvalue weighted by Gasteiger charge is 1.97. The van der Waals surface area contributed by atoms with Crippen molar-refractivity contribution >= 4 is 0 Å². The van der Waals surface area contributed by atoms with Crippen LogP contribution in [0, 0.1) is 0 Å². The lowest BCUT2D eigenvalue weighted by Gasteiger charge is -2.09. The van der Waals surface area contributed by atoms with Crippen molar-refractivity contribution in [3.8, 4) is 0 Å². The first-order valence-electron chi connectivity index (χ1n) is 8.98. The second kappa shape index (κ2) is 16.0. The van der Waals surface area contributed by atoms with Gasteiger partial charge >= 0.3 is 0 Å². The second-order valence-electron chi connectivity index (χ2n) is 6.22. The molecule has 0 bridgehead atoms. The van der Waals surface area contributed by atoms with Crippen molar-refractivity contribution in [2.75, 3.05) is 7.05 Å². The number of rotatable bonds is 15. The van der Waals surface area contributed by atoms with Crippen molar-refractivity contribution in [3.05, 3.63) is 0 Å². The predicted molar refractivity (Wildman–Crippen MR) is 88.8 cm³/mol. The van der Waals surface area contributed by atoms with Crippen LogP contribution >= 0.6 is 0 Å². The minimum atomic E-state index is 0.702. The zero-order valence-electron chi connectivity index (χ0n) is 14.0. The van der Waals surface area contributed by atoms with Gasteiger partial charge < -0.3 is 5.32 Å². The fourth-order valence-corrected chi connectivity index (χ4v) is 2.61. The minimum Gasteiger partial charge on any atom is -0.317 e. The number of hydrogen-bond donors (Lipinski definition) is 1. The third-order valence-corrected chi connectivity index (χ3v) is 4.23. The molecule has 1 heteroatoms. The summed E-state index contributed by atoms with van der Waals surface area (Å²) in [6.07, 6.45) is 20.2. The zero-order valence-corrected chi connectivity index (χ0v) is 14.0. The topological polar surface area (TPSA) is 12.0 Å². The summed E-state index contributed by atoms with van der Waals surface area (Å²) in [5.41, 5.74) is 0. The van der Waals surface area contributed by atoms with E-state index in [0.717, 1.165) is 0 Å². The van der Waals surface area contributed by atoms with Gasteiger partial charge in [0.2, 0.25) is 0 Å². The average Bonchev–Trinajstić information content (AvgIpc) is 2.43. The Balaban J connectivity index is 2.95. The quantitative estimate of drug-likeness (QED) is 0.355. The van der Waals surface area contributed by atoms with Gasteiger partial charge in [0.1, 0.15) is 0 Å². The standard InChI is InChI=1S/C18H39N/c1-4-5-6-7-8-9-10-11-12-13-14-15-16-17-18(2)19-3/h18-19H,4-17H2,1-3H3. The Hall–Kier alpha value is -0.0400. The molecular formula is C18H39N. The Bertz CT molecular complexity index is 156. The van der Waals surface area contributed by atoms with E-state index in [1.54, 1.807) is 0 Å².